The van der Waals surface area contributed by atoms with Gasteiger partial charge in [0.1, 0.15) is 0 Å². The second-order valence-corrected chi connectivity index (χ2v) is 14.0. The first-order chi connectivity index (χ1) is 12.5. The van der Waals surface area contributed by atoms with Crippen molar-refractivity contribution < 1.29 is 4.74 Å². The monoisotopic (exact) mass is 426 g/mol. The molecule has 1 aliphatic carbocycles. The molecule has 184 valence electrons. The number of rotatable bonds is 0. The number of ether oxygens (including phenoxy) is 1. The first kappa shape index (κ1) is 32.1. The number of hydrogen-bond acceptors (Lipinski definition) is 1. The molecule has 0 spiro atoms. The highest BCUT2D eigenvalue weighted by molar-refractivity contribution is 4.90. The van der Waals surface area contributed by atoms with Crippen molar-refractivity contribution >= 4 is 0 Å². The normalized spacial score (nSPS) is 28.4. The van der Waals surface area contributed by atoms with Crippen LogP contribution in [0.3, 0.4) is 0 Å². The largest absolute Gasteiger partial charge is 0.381 e. The van der Waals surface area contributed by atoms with E-state index in [1.807, 2.05) is 0 Å². The lowest BCUT2D eigenvalue weighted by Gasteiger charge is -2.46. The van der Waals surface area contributed by atoms with Crippen molar-refractivity contribution in [2.45, 2.75) is 130 Å². The Morgan fingerprint density at radius 3 is 1.03 bits per heavy atom. The topological polar surface area (TPSA) is 9.23 Å². The average Bonchev–Trinajstić information content (AvgIpc) is 2.52. The van der Waals surface area contributed by atoms with Crippen LogP contribution in [0.2, 0.25) is 0 Å². The Hall–Kier alpha value is -0.0400. The van der Waals surface area contributed by atoms with E-state index in [1.54, 1.807) is 0 Å². The Labute approximate surface area is 193 Å². The molecular formula is C29H62O. The molecule has 30 heavy (non-hydrogen) atoms. The fraction of sp³-hybridized carbons (Fsp3) is 1.00. The van der Waals surface area contributed by atoms with E-state index in [9.17, 15) is 0 Å². The van der Waals surface area contributed by atoms with Crippen LogP contribution in [0.5, 0.6) is 0 Å². The lowest BCUT2D eigenvalue weighted by molar-refractivity contribution is -0.0656. The van der Waals surface area contributed by atoms with Crippen LogP contribution in [0.1, 0.15) is 130 Å². The molecule has 1 saturated heterocycles. The van der Waals surface area contributed by atoms with E-state index in [4.69, 9.17) is 4.74 Å². The smallest absolute Gasteiger partial charge is 0.0502 e. The summed E-state index contributed by atoms with van der Waals surface area (Å²) in [5.41, 5.74) is 1.79. The second-order valence-electron chi connectivity index (χ2n) is 14.0. The molecular weight excluding hydrogens is 364 g/mol. The molecule has 2 fully saturated rings. The molecule has 1 heteroatoms. The summed E-state index contributed by atoms with van der Waals surface area (Å²) >= 11 is 0. The van der Waals surface area contributed by atoms with Crippen molar-refractivity contribution in [2.24, 2.45) is 45.3 Å². The fourth-order valence-corrected chi connectivity index (χ4v) is 5.83. The van der Waals surface area contributed by atoms with E-state index >= 15 is 0 Å². The third-order valence-corrected chi connectivity index (χ3v) is 7.57. The van der Waals surface area contributed by atoms with E-state index in [1.165, 1.54) is 32.1 Å². The van der Waals surface area contributed by atoms with Crippen LogP contribution in [0.25, 0.3) is 0 Å². The van der Waals surface area contributed by atoms with Gasteiger partial charge in [0, 0.05) is 6.61 Å². The molecule has 0 radical (unpaired) electrons. The van der Waals surface area contributed by atoms with Gasteiger partial charge in [0.25, 0.3) is 0 Å². The van der Waals surface area contributed by atoms with Crippen LogP contribution < -0.4 is 0 Å². The van der Waals surface area contributed by atoms with E-state index in [0.717, 1.165) is 31.0 Å². The number of hydrogen-bond donors (Lipinski definition) is 0. The van der Waals surface area contributed by atoms with Gasteiger partial charge in [-0.1, -0.05) is 111 Å². The Morgan fingerprint density at radius 1 is 0.467 bits per heavy atom. The summed E-state index contributed by atoms with van der Waals surface area (Å²) in [4.78, 5) is 0. The zero-order chi connectivity index (χ0) is 22.0. The Bertz CT molecular complexity index is 361. The quantitative estimate of drug-likeness (QED) is 0.374. The van der Waals surface area contributed by atoms with Crippen LogP contribution in [-0.4, -0.2) is 13.2 Å². The van der Waals surface area contributed by atoms with Crippen LogP contribution >= 0.6 is 0 Å². The maximum Gasteiger partial charge on any atom is 0.0502 e. The minimum Gasteiger partial charge on any atom is -0.381 e. The molecule has 1 aliphatic heterocycles. The molecule has 2 aliphatic rings. The Morgan fingerprint density at radius 2 is 0.767 bits per heavy atom. The van der Waals surface area contributed by atoms with E-state index < -0.39 is 0 Å². The van der Waals surface area contributed by atoms with E-state index in [-0.39, 0.29) is 14.9 Å². The summed E-state index contributed by atoms with van der Waals surface area (Å²) in [5, 5.41) is 0. The van der Waals surface area contributed by atoms with Crippen LogP contribution in [0.15, 0.2) is 0 Å². The SMILES string of the molecule is C.C.CC(C)(C)C1CCCCC1C(C)(C)C.CC(C)(C)C1CCOCC1C(C)(C)C. The Kier molecular flexibility index (Phi) is 12.6. The van der Waals surface area contributed by atoms with Crippen molar-refractivity contribution in [2.75, 3.05) is 13.2 Å². The average molecular weight is 427 g/mol. The summed E-state index contributed by atoms with van der Waals surface area (Å²) in [5.74, 6) is 3.36. The third-order valence-electron chi connectivity index (χ3n) is 7.57. The van der Waals surface area contributed by atoms with Gasteiger partial charge in [0.15, 0.2) is 0 Å². The molecule has 1 nitrogen and oxygen atoms in total. The predicted molar refractivity (Wildman–Crippen MR) is 139 cm³/mol. The fourth-order valence-electron chi connectivity index (χ4n) is 5.83. The molecule has 2 rings (SSSR count). The molecule has 0 amide bonds. The maximum atomic E-state index is 5.63. The summed E-state index contributed by atoms with van der Waals surface area (Å²) < 4.78 is 5.63. The third kappa shape index (κ3) is 9.62. The van der Waals surface area contributed by atoms with Crippen molar-refractivity contribution in [1.82, 2.24) is 0 Å². The summed E-state index contributed by atoms with van der Waals surface area (Å²) in [6, 6.07) is 0. The van der Waals surface area contributed by atoms with Crippen LogP contribution in [0.4, 0.5) is 0 Å². The molecule has 0 aromatic rings. The summed E-state index contributed by atoms with van der Waals surface area (Å²) in [6.07, 6.45) is 7.03. The molecule has 1 heterocycles. The molecule has 0 bridgehead atoms. The summed E-state index contributed by atoms with van der Waals surface area (Å²) in [6.45, 7) is 30.5. The minimum atomic E-state index is 0. The highest BCUT2D eigenvalue weighted by Gasteiger charge is 2.41. The van der Waals surface area contributed by atoms with Crippen LogP contribution in [-0.2, 0) is 4.74 Å². The van der Waals surface area contributed by atoms with Crippen LogP contribution in [0, 0.1) is 45.3 Å². The van der Waals surface area contributed by atoms with E-state index in [2.05, 4.69) is 83.1 Å². The molecule has 0 aromatic carbocycles. The lowest BCUT2D eigenvalue weighted by Crippen LogP contribution is -2.42. The van der Waals surface area contributed by atoms with Gasteiger partial charge < -0.3 is 4.74 Å². The molecule has 1 saturated carbocycles. The lowest BCUT2D eigenvalue weighted by atomic mass is 9.59. The molecule has 0 aromatic heterocycles. The van der Waals surface area contributed by atoms with Gasteiger partial charge in [0.05, 0.1) is 6.61 Å². The van der Waals surface area contributed by atoms with Gasteiger partial charge in [-0.05, 0) is 64.6 Å². The summed E-state index contributed by atoms with van der Waals surface area (Å²) in [7, 11) is 0. The molecule has 0 N–H and O–H groups in total. The molecule has 4 atom stereocenters. The van der Waals surface area contributed by atoms with Gasteiger partial charge in [0.2, 0.25) is 0 Å². The highest BCUT2D eigenvalue weighted by atomic mass is 16.5. The predicted octanol–water partition coefficient (Wildman–Crippen LogP) is 9.89. The highest BCUT2D eigenvalue weighted by Crippen LogP contribution is 2.49. The second kappa shape index (κ2) is 11.7. The van der Waals surface area contributed by atoms with Crippen molar-refractivity contribution in [3.63, 3.8) is 0 Å². The standard InChI is InChI=1S/C14H28.C13H26O.2CH4/c1-13(2,3)11-9-7-8-10-12(11)14(4,5)6;1-12(2,3)10-7-8-14-9-11(10)13(4,5)6;;/h11-12H,7-10H2,1-6H3;10-11H,7-9H2,1-6H3;2*1H4. The van der Waals surface area contributed by atoms with Crippen molar-refractivity contribution in [3.05, 3.63) is 0 Å². The van der Waals surface area contributed by atoms with Crippen molar-refractivity contribution in [1.29, 1.82) is 0 Å². The van der Waals surface area contributed by atoms with Gasteiger partial charge >= 0.3 is 0 Å². The minimum absolute atomic E-state index is 0. The van der Waals surface area contributed by atoms with Crippen molar-refractivity contribution in [3.8, 4) is 0 Å². The molecule has 4 unspecified atom stereocenters. The van der Waals surface area contributed by atoms with Gasteiger partial charge in [-0.3, -0.25) is 0 Å². The maximum absolute atomic E-state index is 5.63. The van der Waals surface area contributed by atoms with Gasteiger partial charge in [-0.15, -0.1) is 0 Å². The zero-order valence-electron chi connectivity index (χ0n) is 21.7. The van der Waals surface area contributed by atoms with Gasteiger partial charge in [-0.2, -0.15) is 0 Å². The van der Waals surface area contributed by atoms with E-state index in [0.29, 0.717) is 27.6 Å². The first-order valence-electron chi connectivity index (χ1n) is 12.0. The first-order valence-corrected chi connectivity index (χ1v) is 12.0. The zero-order valence-corrected chi connectivity index (χ0v) is 21.7. The Balaban J connectivity index is 0. The van der Waals surface area contributed by atoms with Gasteiger partial charge in [-0.25, -0.2) is 0 Å².